The molecule has 0 unspecified atom stereocenters. The molecule has 9 heteroatoms. The van der Waals surface area contributed by atoms with Crippen LogP contribution in [0.5, 0.6) is 5.75 Å². The first-order chi connectivity index (χ1) is 12.7. The third-order valence-electron chi connectivity index (χ3n) is 3.72. The van der Waals surface area contributed by atoms with Gasteiger partial charge in [0.15, 0.2) is 12.4 Å². The van der Waals surface area contributed by atoms with Gasteiger partial charge in [0.05, 0.1) is 16.6 Å². The van der Waals surface area contributed by atoms with Crippen molar-refractivity contribution in [3.05, 3.63) is 60.9 Å². The van der Waals surface area contributed by atoms with Crippen molar-refractivity contribution in [2.24, 2.45) is 0 Å². The summed E-state index contributed by atoms with van der Waals surface area (Å²) in [5.74, 6) is -0.315. The number of fused-ring (bicyclic) bond motifs is 1. The maximum atomic E-state index is 13.9. The molecule has 0 atom stereocenters. The van der Waals surface area contributed by atoms with Gasteiger partial charge >= 0.3 is 0 Å². The molecule has 26 heavy (non-hydrogen) atoms. The number of hydrogen-bond acceptors (Lipinski definition) is 5. The summed E-state index contributed by atoms with van der Waals surface area (Å²) in [6.07, 6.45) is 3.06. The Hall–Kier alpha value is -3.75. The van der Waals surface area contributed by atoms with Crippen LogP contribution in [0.4, 0.5) is 10.2 Å². The summed E-state index contributed by atoms with van der Waals surface area (Å²) >= 11 is 0. The van der Waals surface area contributed by atoms with Gasteiger partial charge in [0.2, 0.25) is 0 Å². The number of carbonyl (C=O) groups excluding carboxylic acids is 1. The van der Waals surface area contributed by atoms with Crippen LogP contribution >= 0.6 is 0 Å². The highest BCUT2D eigenvalue weighted by Crippen LogP contribution is 2.24. The Kier molecular flexibility index (Phi) is 4.02. The number of amides is 1. The summed E-state index contributed by atoms with van der Waals surface area (Å²) < 4.78 is 21.2. The largest absolute Gasteiger partial charge is 0.482 e. The Balaban J connectivity index is 1.48. The number of para-hydroxylation sites is 2. The van der Waals surface area contributed by atoms with Crippen molar-refractivity contribution in [1.29, 1.82) is 0 Å². The van der Waals surface area contributed by atoms with E-state index in [2.05, 4.69) is 25.7 Å². The average molecular weight is 352 g/mol. The zero-order valence-electron chi connectivity index (χ0n) is 13.4. The van der Waals surface area contributed by atoms with E-state index < -0.39 is 11.7 Å². The summed E-state index contributed by atoms with van der Waals surface area (Å²) in [7, 11) is 0. The Morgan fingerprint density at radius 3 is 2.81 bits per heavy atom. The van der Waals surface area contributed by atoms with Crippen molar-refractivity contribution in [2.75, 3.05) is 11.9 Å². The molecule has 2 N–H and O–H groups in total. The highest BCUT2D eigenvalue weighted by Gasteiger charge is 2.14. The number of carbonyl (C=O) groups is 1. The predicted molar refractivity (Wildman–Crippen MR) is 91.5 cm³/mol. The number of benzene rings is 2. The van der Waals surface area contributed by atoms with Crippen LogP contribution in [0.2, 0.25) is 0 Å². The first kappa shape index (κ1) is 15.8. The van der Waals surface area contributed by atoms with E-state index >= 15 is 0 Å². The highest BCUT2D eigenvalue weighted by molar-refractivity contribution is 6.00. The van der Waals surface area contributed by atoms with Gasteiger partial charge in [-0.2, -0.15) is 5.10 Å². The van der Waals surface area contributed by atoms with E-state index in [0.717, 1.165) is 0 Å². The molecule has 0 spiro atoms. The van der Waals surface area contributed by atoms with Crippen LogP contribution in [-0.4, -0.2) is 37.5 Å². The molecule has 130 valence electrons. The van der Waals surface area contributed by atoms with Gasteiger partial charge in [-0.15, -0.1) is 10.2 Å². The number of aromatic amines is 1. The smallest absolute Gasteiger partial charge is 0.263 e. The summed E-state index contributed by atoms with van der Waals surface area (Å²) in [6, 6.07) is 11.7. The van der Waals surface area contributed by atoms with Crippen molar-refractivity contribution in [1.82, 2.24) is 25.0 Å². The molecule has 0 aliphatic heterocycles. The second-order valence-corrected chi connectivity index (χ2v) is 5.41. The molecular weight excluding hydrogens is 339 g/mol. The van der Waals surface area contributed by atoms with E-state index in [1.165, 1.54) is 18.7 Å². The summed E-state index contributed by atoms with van der Waals surface area (Å²) in [4.78, 5) is 12.2. The van der Waals surface area contributed by atoms with Gasteiger partial charge in [-0.3, -0.25) is 14.5 Å². The summed E-state index contributed by atoms with van der Waals surface area (Å²) in [6.45, 7) is -0.262. The average Bonchev–Trinajstić information content (AvgIpc) is 3.31. The SMILES string of the molecule is O=C(COc1ccccc1-n1cnnc1)Nc1n[nH]c2cccc(F)c12. The van der Waals surface area contributed by atoms with Crippen LogP contribution in [0.1, 0.15) is 0 Å². The molecule has 0 radical (unpaired) electrons. The molecule has 4 rings (SSSR count). The number of halogens is 1. The van der Waals surface area contributed by atoms with Crippen LogP contribution < -0.4 is 10.1 Å². The number of hydrogen-bond donors (Lipinski definition) is 2. The van der Waals surface area contributed by atoms with Gasteiger partial charge in [-0.25, -0.2) is 4.39 Å². The van der Waals surface area contributed by atoms with E-state index in [1.54, 1.807) is 28.8 Å². The van der Waals surface area contributed by atoms with Crippen molar-refractivity contribution in [3.8, 4) is 11.4 Å². The van der Waals surface area contributed by atoms with Gasteiger partial charge in [0.25, 0.3) is 5.91 Å². The zero-order valence-corrected chi connectivity index (χ0v) is 13.4. The molecule has 0 fully saturated rings. The van der Waals surface area contributed by atoms with Crippen molar-refractivity contribution in [3.63, 3.8) is 0 Å². The fourth-order valence-electron chi connectivity index (χ4n) is 2.55. The molecule has 0 saturated carbocycles. The minimum Gasteiger partial charge on any atom is -0.482 e. The fraction of sp³-hybridized carbons (Fsp3) is 0.0588. The number of nitrogens with zero attached hydrogens (tertiary/aromatic N) is 4. The van der Waals surface area contributed by atoms with E-state index in [1.807, 2.05) is 12.1 Å². The lowest BCUT2D eigenvalue weighted by Gasteiger charge is -2.11. The molecule has 4 aromatic rings. The Morgan fingerprint density at radius 1 is 1.15 bits per heavy atom. The first-order valence-electron chi connectivity index (χ1n) is 7.71. The second kappa shape index (κ2) is 6.63. The van der Waals surface area contributed by atoms with Crippen molar-refractivity contribution < 1.29 is 13.9 Å². The van der Waals surface area contributed by atoms with Crippen LogP contribution in [-0.2, 0) is 4.79 Å². The third kappa shape index (κ3) is 2.97. The number of H-pyrrole nitrogens is 1. The van der Waals surface area contributed by atoms with Gasteiger partial charge in [-0.1, -0.05) is 18.2 Å². The molecule has 8 nitrogen and oxygen atoms in total. The highest BCUT2D eigenvalue weighted by atomic mass is 19.1. The minimum atomic E-state index is -0.467. The molecule has 2 heterocycles. The summed E-state index contributed by atoms with van der Waals surface area (Å²) in [5.41, 5.74) is 1.20. The maximum Gasteiger partial charge on any atom is 0.263 e. The first-order valence-corrected chi connectivity index (χ1v) is 7.71. The lowest BCUT2D eigenvalue weighted by Crippen LogP contribution is -2.21. The number of ether oxygens (including phenoxy) is 1. The Labute approximate surface area is 146 Å². The standard InChI is InChI=1S/C17H13FN6O2/c18-11-4-3-5-12-16(11)17(23-22-12)21-15(25)8-26-14-7-2-1-6-13(14)24-9-19-20-10-24/h1-7,9-10H,8H2,(H2,21,22,23,25). The van der Waals surface area contributed by atoms with Gasteiger partial charge in [0.1, 0.15) is 24.2 Å². The minimum absolute atomic E-state index is 0.124. The van der Waals surface area contributed by atoms with Crippen LogP contribution in [0.25, 0.3) is 16.6 Å². The molecule has 0 aliphatic carbocycles. The topological polar surface area (TPSA) is 97.7 Å². The lowest BCUT2D eigenvalue weighted by atomic mass is 10.2. The molecular formula is C17H13FN6O2. The molecule has 1 amide bonds. The van der Waals surface area contributed by atoms with Crippen LogP contribution in [0, 0.1) is 5.82 Å². The molecule has 0 bridgehead atoms. The lowest BCUT2D eigenvalue weighted by molar-refractivity contribution is -0.118. The number of nitrogens with one attached hydrogen (secondary N) is 2. The Morgan fingerprint density at radius 2 is 1.96 bits per heavy atom. The van der Waals surface area contributed by atoms with E-state index in [-0.39, 0.29) is 17.8 Å². The monoisotopic (exact) mass is 352 g/mol. The molecule has 0 aliphatic rings. The van der Waals surface area contributed by atoms with Crippen molar-refractivity contribution in [2.45, 2.75) is 0 Å². The quantitative estimate of drug-likeness (QED) is 0.574. The zero-order chi connectivity index (χ0) is 17.9. The summed E-state index contributed by atoms with van der Waals surface area (Å²) in [5, 5.41) is 16.9. The van der Waals surface area contributed by atoms with Crippen molar-refractivity contribution >= 4 is 22.6 Å². The number of rotatable bonds is 5. The maximum absolute atomic E-state index is 13.9. The number of aromatic nitrogens is 5. The molecule has 0 saturated heterocycles. The normalized spacial score (nSPS) is 10.8. The van der Waals surface area contributed by atoms with Gasteiger partial charge in [0, 0.05) is 0 Å². The predicted octanol–water partition coefficient (Wildman–Crippen LogP) is 2.30. The third-order valence-corrected chi connectivity index (χ3v) is 3.72. The molecule has 2 aromatic carbocycles. The molecule has 2 aromatic heterocycles. The van der Waals surface area contributed by atoms with Crippen LogP contribution in [0.3, 0.4) is 0 Å². The van der Waals surface area contributed by atoms with E-state index in [9.17, 15) is 9.18 Å². The second-order valence-electron chi connectivity index (χ2n) is 5.41. The van der Waals surface area contributed by atoms with Crippen LogP contribution in [0.15, 0.2) is 55.1 Å². The van der Waals surface area contributed by atoms with Gasteiger partial charge in [-0.05, 0) is 24.3 Å². The van der Waals surface area contributed by atoms with E-state index in [0.29, 0.717) is 17.0 Å². The Bertz CT molecular complexity index is 1060. The number of anilines is 1. The fourth-order valence-corrected chi connectivity index (χ4v) is 2.55. The van der Waals surface area contributed by atoms with E-state index in [4.69, 9.17) is 4.74 Å². The van der Waals surface area contributed by atoms with Gasteiger partial charge < -0.3 is 10.1 Å².